The van der Waals surface area contributed by atoms with Gasteiger partial charge in [0, 0.05) is 17.7 Å². The van der Waals surface area contributed by atoms with Crippen LogP contribution in [0.1, 0.15) is 59.3 Å². The van der Waals surface area contributed by atoms with Gasteiger partial charge in [-0.05, 0) is 37.5 Å². The lowest BCUT2D eigenvalue weighted by molar-refractivity contribution is 0.212. The van der Waals surface area contributed by atoms with Gasteiger partial charge < -0.3 is 5.32 Å². The second-order valence-corrected chi connectivity index (χ2v) is 5.88. The van der Waals surface area contributed by atoms with Gasteiger partial charge in [-0.2, -0.15) is 0 Å². The highest BCUT2D eigenvalue weighted by Gasteiger charge is 2.33. The van der Waals surface area contributed by atoms with E-state index in [4.69, 9.17) is 0 Å². The van der Waals surface area contributed by atoms with Gasteiger partial charge in [0.2, 0.25) is 0 Å². The summed E-state index contributed by atoms with van der Waals surface area (Å²) in [5, 5.41) is 3.78. The summed E-state index contributed by atoms with van der Waals surface area (Å²) in [7, 11) is 0. The van der Waals surface area contributed by atoms with Crippen molar-refractivity contribution in [1.29, 1.82) is 0 Å². The number of hydrogen-bond donors (Lipinski definition) is 1. The summed E-state index contributed by atoms with van der Waals surface area (Å²) in [5.41, 5.74) is 1.58. The fourth-order valence-corrected chi connectivity index (χ4v) is 3.50. The molecule has 4 atom stereocenters. The Balaban J connectivity index is 2.03. The van der Waals surface area contributed by atoms with Crippen molar-refractivity contribution in [3.05, 3.63) is 11.8 Å². The molecule has 1 aliphatic heterocycles. The molecule has 1 heterocycles. The molecule has 0 amide bonds. The molecule has 1 N–H and O–H groups in total. The summed E-state index contributed by atoms with van der Waals surface area (Å²) >= 11 is 0. The van der Waals surface area contributed by atoms with E-state index in [1.807, 2.05) is 0 Å². The van der Waals surface area contributed by atoms with Gasteiger partial charge in [-0.3, -0.25) is 0 Å². The minimum atomic E-state index is 0.728. The fraction of sp³-hybridized carbons (Fsp3) is 0.867. The maximum atomic E-state index is 3.78. The van der Waals surface area contributed by atoms with Crippen LogP contribution in [0.25, 0.3) is 0 Å². The molecule has 1 fully saturated rings. The molecule has 0 spiro atoms. The first-order chi connectivity index (χ1) is 7.74. The monoisotopic (exact) mass is 221 g/mol. The second-order valence-electron chi connectivity index (χ2n) is 5.88. The molecule has 16 heavy (non-hydrogen) atoms. The van der Waals surface area contributed by atoms with Crippen molar-refractivity contribution < 1.29 is 0 Å². The molecule has 0 aromatic rings. The minimum Gasteiger partial charge on any atom is -0.386 e. The van der Waals surface area contributed by atoms with Crippen LogP contribution in [-0.2, 0) is 0 Å². The van der Waals surface area contributed by atoms with Crippen LogP contribution < -0.4 is 5.32 Å². The number of allylic oxidation sites excluding steroid dienone is 2. The van der Waals surface area contributed by atoms with Crippen LogP contribution in [0.15, 0.2) is 11.8 Å². The van der Waals surface area contributed by atoms with Crippen molar-refractivity contribution in [2.45, 2.75) is 65.3 Å². The molecule has 2 aliphatic rings. The van der Waals surface area contributed by atoms with E-state index in [2.05, 4.69) is 32.2 Å². The zero-order valence-electron chi connectivity index (χ0n) is 11.1. The molecule has 0 bridgehead atoms. The van der Waals surface area contributed by atoms with E-state index in [0.29, 0.717) is 0 Å². The molecule has 0 radical (unpaired) electrons. The Labute approximate surface area is 101 Å². The summed E-state index contributed by atoms with van der Waals surface area (Å²) in [4.78, 5) is 0. The fourth-order valence-electron chi connectivity index (χ4n) is 3.50. The van der Waals surface area contributed by atoms with Crippen molar-refractivity contribution in [3.8, 4) is 0 Å². The molecule has 92 valence electrons. The molecule has 4 unspecified atom stereocenters. The zero-order valence-corrected chi connectivity index (χ0v) is 11.1. The Hall–Kier alpha value is -0.460. The predicted molar refractivity (Wildman–Crippen MR) is 70.2 cm³/mol. The molecular formula is C15H27N. The lowest BCUT2D eigenvalue weighted by Crippen LogP contribution is -2.41. The smallest absolute Gasteiger partial charge is 0.0258 e. The second kappa shape index (κ2) is 5.25. The highest BCUT2D eigenvalue weighted by Crippen LogP contribution is 2.40. The van der Waals surface area contributed by atoms with E-state index < -0.39 is 0 Å². The van der Waals surface area contributed by atoms with E-state index in [1.165, 1.54) is 38.5 Å². The Bertz CT molecular complexity index is 256. The lowest BCUT2D eigenvalue weighted by atomic mass is 9.71. The molecule has 1 heteroatoms. The van der Waals surface area contributed by atoms with Crippen molar-refractivity contribution in [2.75, 3.05) is 0 Å². The average molecular weight is 221 g/mol. The summed E-state index contributed by atoms with van der Waals surface area (Å²) in [5.74, 6) is 2.72. The molecule has 1 aliphatic carbocycles. The van der Waals surface area contributed by atoms with E-state index in [-0.39, 0.29) is 0 Å². The Morgan fingerprint density at radius 3 is 2.69 bits per heavy atom. The Morgan fingerprint density at radius 1 is 1.31 bits per heavy atom. The Kier molecular flexibility index (Phi) is 3.94. The van der Waals surface area contributed by atoms with Crippen LogP contribution in [-0.4, -0.2) is 6.04 Å². The zero-order chi connectivity index (χ0) is 11.5. The van der Waals surface area contributed by atoms with Crippen LogP contribution in [0, 0.1) is 17.8 Å². The maximum Gasteiger partial charge on any atom is 0.0258 e. The van der Waals surface area contributed by atoms with Gasteiger partial charge >= 0.3 is 0 Å². The van der Waals surface area contributed by atoms with E-state index in [9.17, 15) is 0 Å². The third kappa shape index (κ3) is 2.44. The van der Waals surface area contributed by atoms with E-state index in [0.717, 1.165) is 23.8 Å². The summed E-state index contributed by atoms with van der Waals surface area (Å²) in [6.07, 6.45) is 10.6. The highest BCUT2D eigenvalue weighted by atomic mass is 14.9. The van der Waals surface area contributed by atoms with Crippen molar-refractivity contribution in [2.24, 2.45) is 17.8 Å². The summed E-state index contributed by atoms with van der Waals surface area (Å²) in [6, 6.07) is 0.728. The molecule has 0 saturated carbocycles. The first-order valence-electron chi connectivity index (χ1n) is 7.21. The third-order valence-electron chi connectivity index (χ3n) is 4.48. The standard InChI is InChI=1S/C15H27N/c1-4-6-12-9-11(3)10-13(5-2)16-15-8-7-14(12)15/h8,11-14,16H,4-7,9-10H2,1-3H3. The first kappa shape index (κ1) is 12.0. The van der Waals surface area contributed by atoms with Crippen LogP contribution in [0.4, 0.5) is 0 Å². The summed E-state index contributed by atoms with van der Waals surface area (Å²) < 4.78 is 0. The first-order valence-corrected chi connectivity index (χ1v) is 7.21. The van der Waals surface area contributed by atoms with Crippen molar-refractivity contribution >= 4 is 0 Å². The topological polar surface area (TPSA) is 12.0 Å². The van der Waals surface area contributed by atoms with Gasteiger partial charge in [-0.15, -0.1) is 0 Å². The van der Waals surface area contributed by atoms with Gasteiger partial charge in [0.25, 0.3) is 0 Å². The molecule has 1 nitrogen and oxygen atoms in total. The van der Waals surface area contributed by atoms with Crippen LogP contribution in [0.3, 0.4) is 0 Å². The molecular weight excluding hydrogens is 194 g/mol. The van der Waals surface area contributed by atoms with Crippen LogP contribution in [0.2, 0.25) is 0 Å². The molecule has 1 saturated heterocycles. The highest BCUT2D eigenvalue weighted by molar-refractivity contribution is 5.19. The van der Waals surface area contributed by atoms with E-state index in [1.54, 1.807) is 5.70 Å². The van der Waals surface area contributed by atoms with Crippen molar-refractivity contribution in [3.63, 3.8) is 0 Å². The number of fused-ring (bicyclic) bond motifs is 1. The molecule has 0 aromatic heterocycles. The minimum absolute atomic E-state index is 0.728. The summed E-state index contributed by atoms with van der Waals surface area (Å²) in [6.45, 7) is 7.08. The van der Waals surface area contributed by atoms with Crippen molar-refractivity contribution in [1.82, 2.24) is 5.32 Å². The van der Waals surface area contributed by atoms with Crippen LogP contribution in [0.5, 0.6) is 0 Å². The number of nitrogens with one attached hydrogen (secondary N) is 1. The predicted octanol–water partition coefficient (Wildman–Crippen LogP) is 4.10. The van der Waals surface area contributed by atoms with E-state index >= 15 is 0 Å². The normalized spacial score (nSPS) is 38.6. The molecule has 0 aromatic carbocycles. The third-order valence-corrected chi connectivity index (χ3v) is 4.48. The maximum absolute atomic E-state index is 3.78. The largest absolute Gasteiger partial charge is 0.386 e. The quantitative estimate of drug-likeness (QED) is 0.756. The van der Waals surface area contributed by atoms with Gasteiger partial charge in [0.05, 0.1) is 0 Å². The number of hydrogen-bond acceptors (Lipinski definition) is 1. The molecule has 2 rings (SSSR count). The SMILES string of the molecule is CCCC1CC(C)CC(CC)NC2=CCC21. The lowest BCUT2D eigenvalue weighted by Gasteiger charge is -2.41. The number of rotatable bonds is 3. The Morgan fingerprint density at radius 2 is 2.12 bits per heavy atom. The van der Waals surface area contributed by atoms with Gasteiger partial charge in [0.15, 0.2) is 0 Å². The van der Waals surface area contributed by atoms with Gasteiger partial charge in [0.1, 0.15) is 0 Å². The van der Waals surface area contributed by atoms with Gasteiger partial charge in [-0.25, -0.2) is 0 Å². The van der Waals surface area contributed by atoms with Crippen LogP contribution >= 0.6 is 0 Å². The average Bonchev–Trinajstić information content (AvgIpc) is 2.21. The van der Waals surface area contributed by atoms with Gasteiger partial charge in [-0.1, -0.05) is 39.7 Å².